The molecule has 0 aromatic carbocycles. The molecule has 2 aliphatic heterocycles. The van der Waals surface area contributed by atoms with E-state index in [1.807, 2.05) is 4.90 Å². The minimum absolute atomic E-state index is 0.157. The normalized spacial score (nSPS) is 32.7. The molecule has 0 radical (unpaired) electrons. The Hall–Kier alpha value is -0.610. The van der Waals surface area contributed by atoms with Crippen LogP contribution < -0.4 is 5.73 Å². The topological polar surface area (TPSA) is 55.6 Å². The third kappa shape index (κ3) is 2.69. The minimum Gasteiger partial charge on any atom is -0.368 e. The summed E-state index contributed by atoms with van der Waals surface area (Å²) < 4.78 is 5.50. The Bertz CT molecular complexity index is 227. The molecule has 0 saturated carbocycles. The lowest BCUT2D eigenvalue weighted by atomic mass is 10.0. The molecule has 4 heteroatoms. The molecular formula is C11H20N2O2. The number of amides is 1. The van der Waals surface area contributed by atoms with Gasteiger partial charge >= 0.3 is 0 Å². The van der Waals surface area contributed by atoms with E-state index in [-0.39, 0.29) is 18.1 Å². The zero-order valence-electron chi connectivity index (χ0n) is 9.15. The Morgan fingerprint density at radius 3 is 2.80 bits per heavy atom. The maximum absolute atomic E-state index is 12.0. The fourth-order valence-electron chi connectivity index (χ4n) is 2.35. The molecule has 0 aromatic heterocycles. The SMILES string of the molecule is N[C@@H]1CCCN(C(=O)C2CCCCO2)C1. The molecule has 2 saturated heterocycles. The van der Waals surface area contributed by atoms with E-state index < -0.39 is 0 Å². The van der Waals surface area contributed by atoms with E-state index in [2.05, 4.69) is 0 Å². The smallest absolute Gasteiger partial charge is 0.251 e. The van der Waals surface area contributed by atoms with Gasteiger partial charge in [0.05, 0.1) is 0 Å². The lowest BCUT2D eigenvalue weighted by Gasteiger charge is -2.34. The maximum Gasteiger partial charge on any atom is 0.251 e. The number of likely N-dealkylation sites (tertiary alicyclic amines) is 1. The average Bonchev–Trinajstić information content (AvgIpc) is 2.29. The number of carbonyl (C=O) groups excluding carboxylic acids is 1. The van der Waals surface area contributed by atoms with E-state index in [9.17, 15) is 4.79 Å². The molecule has 0 bridgehead atoms. The van der Waals surface area contributed by atoms with Crippen LogP contribution >= 0.6 is 0 Å². The molecule has 0 spiro atoms. The van der Waals surface area contributed by atoms with Gasteiger partial charge in [-0.1, -0.05) is 0 Å². The molecule has 2 fully saturated rings. The second-order valence-electron chi connectivity index (χ2n) is 4.54. The summed E-state index contributed by atoms with van der Waals surface area (Å²) in [7, 11) is 0. The molecule has 2 atom stereocenters. The second kappa shape index (κ2) is 4.94. The van der Waals surface area contributed by atoms with Gasteiger partial charge in [0.25, 0.3) is 5.91 Å². The van der Waals surface area contributed by atoms with Crippen molar-refractivity contribution in [2.24, 2.45) is 5.73 Å². The first kappa shape index (κ1) is 10.9. The van der Waals surface area contributed by atoms with Gasteiger partial charge in [-0.05, 0) is 32.1 Å². The fourth-order valence-corrected chi connectivity index (χ4v) is 2.35. The van der Waals surface area contributed by atoms with Crippen molar-refractivity contribution in [1.82, 2.24) is 4.90 Å². The highest BCUT2D eigenvalue weighted by molar-refractivity contribution is 5.81. The highest BCUT2D eigenvalue weighted by atomic mass is 16.5. The van der Waals surface area contributed by atoms with Gasteiger partial charge in [0.2, 0.25) is 0 Å². The molecule has 0 aliphatic carbocycles. The Morgan fingerprint density at radius 2 is 2.13 bits per heavy atom. The average molecular weight is 212 g/mol. The molecule has 2 N–H and O–H groups in total. The standard InChI is InChI=1S/C11H20N2O2/c12-9-4-3-6-13(8-9)11(14)10-5-1-2-7-15-10/h9-10H,1-8,12H2/t9-,10?/m1/s1. The number of nitrogens with zero attached hydrogens (tertiary/aromatic N) is 1. The quantitative estimate of drug-likeness (QED) is 0.689. The van der Waals surface area contributed by atoms with Gasteiger partial charge in [-0.15, -0.1) is 0 Å². The summed E-state index contributed by atoms with van der Waals surface area (Å²) in [5, 5.41) is 0. The van der Waals surface area contributed by atoms with Crippen molar-refractivity contribution in [2.75, 3.05) is 19.7 Å². The molecule has 2 rings (SSSR count). The van der Waals surface area contributed by atoms with Gasteiger partial charge in [-0.3, -0.25) is 4.79 Å². The number of piperidine rings is 1. The molecule has 86 valence electrons. The summed E-state index contributed by atoms with van der Waals surface area (Å²) >= 11 is 0. The maximum atomic E-state index is 12.0. The molecule has 2 aliphatic rings. The van der Waals surface area contributed by atoms with E-state index in [1.165, 1.54) is 0 Å². The van der Waals surface area contributed by atoms with Crippen LogP contribution in [-0.4, -0.2) is 42.6 Å². The Labute approximate surface area is 90.8 Å². The van der Waals surface area contributed by atoms with Gasteiger partial charge in [-0.2, -0.15) is 0 Å². The summed E-state index contributed by atoms with van der Waals surface area (Å²) in [4.78, 5) is 13.9. The summed E-state index contributed by atoms with van der Waals surface area (Å²) in [5.74, 6) is 0.157. The van der Waals surface area contributed by atoms with Gasteiger partial charge in [0, 0.05) is 25.7 Å². The van der Waals surface area contributed by atoms with Crippen molar-refractivity contribution in [2.45, 2.75) is 44.2 Å². The van der Waals surface area contributed by atoms with Crippen molar-refractivity contribution in [3.05, 3.63) is 0 Å². The third-order valence-corrected chi connectivity index (χ3v) is 3.22. The zero-order valence-corrected chi connectivity index (χ0v) is 9.15. The van der Waals surface area contributed by atoms with Crippen LogP contribution in [0.3, 0.4) is 0 Å². The van der Waals surface area contributed by atoms with E-state index in [4.69, 9.17) is 10.5 Å². The van der Waals surface area contributed by atoms with Gasteiger partial charge < -0.3 is 15.4 Å². The monoisotopic (exact) mass is 212 g/mol. The summed E-state index contributed by atoms with van der Waals surface area (Å²) in [6.45, 7) is 2.29. The van der Waals surface area contributed by atoms with Crippen LogP contribution in [0, 0.1) is 0 Å². The zero-order chi connectivity index (χ0) is 10.7. The third-order valence-electron chi connectivity index (χ3n) is 3.22. The minimum atomic E-state index is -0.191. The van der Waals surface area contributed by atoms with E-state index >= 15 is 0 Å². The lowest BCUT2D eigenvalue weighted by Crippen LogP contribution is -2.50. The molecule has 0 aromatic rings. The number of hydrogen-bond donors (Lipinski definition) is 1. The Morgan fingerprint density at radius 1 is 1.27 bits per heavy atom. The lowest BCUT2D eigenvalue weighted by molar-refractivity contribution is -0.147. The number of rotatable bonds is 1. The predicted octanol–water partition coefficient (Wildman–Crippen LogP) is 0.505. The largest absolute Gasteiger partial charge is 0.368 e. The van der Waals surface area contributed by atoms with Crippen molar-refractivity contribution in [1.29, 1.82) is 0 Å². The first-order valence-corrected chi connectivity index (χ1v) is 5.93. The number of nitrogens with two attached hydrogens (primary N) is 1. The van der Waals surface area contributed by atoms with Crippen LogP contribution in [0.15, 0.2) is 0 Å². The Kier molecular flexibility index (Phi) is 3.59. The molecule has 1 unspecified atom stereocenters. The molecule has 2 heterocycles. The fraction of sp³-hybridized carbons (Fsp3) is 0.909. The summed E-state index contributed by atoms with van der Waals surface area (Å²) in [5.41, 5.74) is 5.86. The van der Waals surface area contributed by atoms with E-state index in [0.717, 1.165) is 45.3 Å². The molecule has 1 amide bonds. The van der Waals surface area contributed by atoms with E-state index in [1.54, 1.807) is 0 Å². The van der Waals surface area contributed by atoms with Crippen molar-refractivity contribution in [3.8, 4) is 0 Å². The molecule has 4 nitrogen and oxygen atoms in total. The summed E-state index contributed by atoms with van der Waals surface area (Å²) in [6, 6.07) is 0.159. The van der Waals surface area contributed by atoms with Crippen LogP contribution in [-0.2, 0) is 9.53 Å². The van der Waals surface area contributed by atoms with Crippen LogP contribution in [0.4, 0.5) is 0 Å². The number of hydrogen-bond acceptors (Lipinski definition) is 3. The first-order chi connectivity index (χ1) is 7.27. The van der Waals surface area contributed by atoms with E-state index in [0.29, 0.717) is 6.54 Å². The number of ether oxygens (including phenoxy) is 1. The van der Waals surface area contributed by atoms with Crippen molar-refractivity contribution < 1.29 is 9.53 Å². The van der Waals surface area contributed by atoms with Crippen LogP contribution in [0.2, 0.25) is 0 Å². The Balaban J connectivity index is 1.88. The second-order valence-corrected chi connectivity index (χ2v) is 4.54. The van der Waals surface area contributed by atoms with Gasteiger partial charge in [0.15, 0.2) is 0 Å². The highest BCUT2D eigenvalue weighted by Crippen LogP contribution is 2.17. The molecule has 15 heavy (non-hydrogen) atoms. The number of carbonyl (C=O) groups is 1. The van der Waals surface area contributed by atoms with Crippen LogP contribution in [0.1, 0.15) is 32.1 Å². The van der Waals surface area contributed by atoms with Crippen molar-refractivity contribution >= 4 is 5.91 Å². The predicted molar refractivity (Wildman–Crippen MR) is 57.4 cm³/mol. The highest BCUT2D eigenvalue weighted by Gasteiger charge is 2.29. The molecular weight excluding hydrogens is 192 g/mol. The first-order valence-electron chi connectivity index (χ1n) is 5.93. The van der Waals surface area contributed by atoms with Gasteiger partial charge in [0.1, 0.15) is 6.10 Å². The van der Waals surface area contributed by atoms with Crippen molar-refractivity contribution in [3.63, 3.8) is 0 Å². The summed E-state index contributed by atoms with van der Waals surface area (Å²) in [6.07, 6.45) is 4.95. The van der Waals surface area contributed by atoms with Crippen LogP contribution in [0.5, 0.6) is 0 Å². The van der Waals surface area contributed by atoms with Gasteiger partial charge in [-0.25, -0.2) is 0 Å². The van der Waals surface area contributed by atoms with Crippen LogP contribution in [0.25, 0.3) is 0 Å².